The van der Waals surface area contributed by atoms with Crippen molar-refractivity contribution in [3.05, 3.63) is 0 Å². The van der Waals surface area contributed by atoms with E-state index in [1.165, 1.54) is 19.4 Å². The smallest absolute Gasteiger partial charge is 0.0721 e. The van der Waals surface area contributed by atoms with Gasteiger partial charge >= 0.3 is 0 Å². The molecule has 2 rings (SSSR count). The molecular weight excluding hydrogens is 319 g/mol. The van der Waals surface area contributed by atoms with Crippen molar-refractivity contribution >= 4 is 7.85 Å². The largest absolute Gasteiger partial charge is 0.310 e. The van der Waals surface area contributed by atoms with E-state index < -0.39 is 0 Å². The van der Waals surface area contributed by atoms with Gasteiger partial charge in [-0.25, -0.2) is 10.0 Å². The summed E-state index contributed by atoms with van der Waals surface area (Å²) in [5.41, 5.74) is 0.239. The van der Waals surface area contributed by atoms with Crippen LogP contribution in [0.25, 0.3) is 0 Å². The Kier molecular flexibility index (Phi) is 6.92. The zero-order valence-electron chi connectivity index (χ0n) is 18.8. The lowest BCUT2D eigenvalue weighted by molar-refractivity contribution is -0.185. The van der Waals surface area contributed by atoms with E-state index in [1.807, 2.05) is 0 Å². The van der Waals surface area contributed by atoms with Gasteiger partial charge in [0.05, 0.1) is 7.85 Å². The average molecular weight is 362 g/mol. The summed E-state index contributed by atoms with van der Waals surface area (Å²) in [6.45, 7) is 24.0. The molecule has 1 heterocycles. The first-order valence-electron chi connectivity index (χ1n) is 10.7. The maximum atomic E-state index is 6.50. The standard InChI is InChI=1S/C21H43BN4/c1-15(2)23-17(5)18(6)26(20(8,9)19(7)22)25-13-12-24(16(3)4)14-21(25)10-11-21/h15-19,23H,10-14H2,1-9H3. The number of hydrogen-bond acceptors (Lipinski definition) is 4. The van der Waals surface area contributed by atoms with Crippen molar-refractivity contribution in [1.82, 2.24) is 20.2 Å². The highest BCUT2D eigenvalue weighted by atomic mass is 15.7. The maximum Gasteiger partial charge on any atom is 0.0721 e. The second-order valence-electron chi connectivity index (χ2n) is 10.0. The van der Waals surface area contributed by atoms with Crippen LogP contribution < -0.4 is 5.32 Å². The Morgan fingerprint density at radius 3 is 2.00 bits per heavy atom. The molecule has 4 nitrogen and oxygen atoms in total. The fourth-order valence-electron chi connectivity index (χ4n) is 4.48. The summed E-state index contributed by atoms with van der Waals surface area (Å²) in [4.78, 5) is 2.65. The topological polar surface area (TPSA) is 21.8 Å². The van der Waals surface area contributed by atoms with Gasteiger partial charge < -0.3 is 5.32 Å². The van der Waals surface area contributed by atoms with Crippen LogP contribution in [0.3, 0.4) is 0 Å². The summed E-state index contributed by atoms with van der Waals surface area (Å²) in [6.07, 6.45) is 2.61. The molecule has 26 heavy (non-hydrogen) atoms. The van der Waals surface area contributed by atoms with E-state index in [9.17, 15) is 0 Å². The van der Waals surface area contributed by atoms with Gasteiger partial charge in [0.15, 0.2) is 0 Å². The zero-order valence-corrected chi connectivity index (χ0v) is 18.8. The molecule has 3 unspecified atom stereocenters. The van der Waals surface area contributed by atoms with Crippen LogP contribution >= 0.6 is 0 Å². The summed E-state index contributed by atoms with van der Waals surface area (Å²) >= 11 is 0. The highest BCUT2D eigenvalue weighted by Gasteiger charge is 2.56. The third-order valence-corrected chi connectivity index (χ3v) is 6.87. The second kappa shape index (κ2) is 8.10. The van der Waals surface area contributed by atoms with E-state index in [1.54, 1.807) is 0 Å². The van der Waals surface area contributed by atoms with Crippen LogP contribution in [0.4, 0.5) is 0 Å². The molecule has 0 aromatic rings. The van der Waals surface area contributed by atoms with Gasteiger partial charge in [-0.3, -0.25) is 4.90 Å². The fraction of sp³-hybridized carbons (Fsp3) is 1.00. The number of nitrogens with zero attached hydrogens (tertiary/aromatic N) is 3. The Hall–Kier alpha value is -0.0951. The van der Waals surface area contributed by atoms with Gasteiger partial charge in [-0.15, -0.1) is 0 Å². The van der Waals surface area contributed by atoms with Crippen molar-refractivity contribution in [3.8, 4) is 0 Å². The molecule has 0 aromatic heterocycles. The molecule has 0 bridgehead atoms. The van der Waals surface area contributed by atoms with Gasteiger partial charge in [-0.2, -0.15) is 0 Å². The number of nitrogens with one attached hydrogen (secondary N) is 1. The van der Waals surface area contributed by atoms with Crippen molar-refractivity contribution in [1.29, 1.82) is 0 Å². The summed E-state index contributed by atoms with van der Waals surface area (Å²) < 4.78 is 0. The Balaban J connectivity index is 2.30. The van der Waals surface area contributed by atoms with Crippen molar-refractivity contribution in [2.45, 2.75) is 116 Å². The molecule has 0 amide bonds. The average Bonchev–Trinajstić information content (AvgIpc) is 3.27. The quantitative estimate of drug-likeness (QED) is 0.669. The van der Waals surface area contributed by atoms with Gasteiger partial charge in [-0.05, 0) is 54.4 Å². The molecule has 2 aliphatic rings. The fourth-order valence-corrected chi connectivity index (χ4v) is 4.48. The molecule has 5 heteroatoms. The third kappa shape index (κ3) is 4.48. The zero-order chi connectivity index (χ0) is 19.9. The predicted octanol–water partition coefficient (Wildman–Crippen LogP) is 3.29. The minimum absolute atomic E-state index is 0.0814. The monoisotopic (exact) mass is 362 g/mol. The summed E-state index contributed by atoms with van der Waals surface area (Å²) in [5, 5.41) is 9.10. The molecule has 1 N–H and O–H groups in total. The van der Waals surface area contributed by atoms with Gasteiger partial charge in [0.1, 0.15) is 0 Å². The van der Waals surface area contributed by atoms with E-state index in [4.69, 9.17) is 7.85 Å². The first kappa shape index (κ1) is 22.2. The van der Waals surface area contributed by atoms with E-state index >= 15 is 0 Å². The van der Waals surface area contributed by atoms with Crippen LogP contribution in [0.2, 0.25) is 5.82 Å². The molecule has 2 radical (unpaired) electrons. The summed E-state index contributed by atoms with van der Waals surface area (Å²) in [5.74, 6) is 0.107. The first-order chi connectivity index (χ1) is 11.9. The van der Waals surface area contributed by atoms with Gasteiger partial charge in [-0.1, -0.05) is 26.6 Å². The lowest BCUT2D eigenvalue weighted by Crippen LogP contribution is -2.70. The van der Waals surface area contributed by atoms with Crippen LogP contribution in [0.1, 0.15) is 75.2 Å². The Morgan fingerprint density at radius 2 is 1.58 bits per heavy atom. The molecule has 1 spiro atoms. The van der Waals surface area contributed by atoms with Crippen LogP contribution in [0.15, 0.2) is 0 Å². The predicted molar refractivity (Wildman–Crippen MR) is 114 cm³/mol. The van der Waals surface area contributed by atoms with E-state index in [0.717, 1.165) is 13.1 Å². The lowest BCUT2D eigenvalue weighted by Gasteiger charge is -2.58. The van der Waals surface area contributed by atoms with E-state index in [0.29, 0.717) is 29.7 Å². The normalized spacial score (nSPS) is 25.2. The molecule has 1 saturated heterocycles. The Bertz CT molecular complexity index is 459. The molecule has 1 aliphatic carbocycles. The van der Waals surface area contributed by atoms with Crippen molar-refractivity contribution in [3.63, 3.8) is 0 Å². The Labute approximate surface area is 164 Å². The van der Waals surface area contributed by atoms with Gasteiger partial charge in [0.2, 0.25) is 0 Å². The van der Waals surface area contributed by atoms with Crippen LogP contribution in [0.5, 0.6) is 0 Å². The highest BCUT2D eigenvalue weighted by molar-refractivity contribution is 6.12. The molecule has 3 atom stereocenters. The third-order valence-electron chi connectivity index (χ3n) is 6.87. The minimum Gasteiger partial charge on any atom is -0.310 e. The number of rotatable bonds is 8. The summed E-state index contributed by atoms with van der Waals surface area (Å²) in [7, 11) is 6.50. The van der Waals surface area contributed by atoms with Crippen molar-refractivity contribution < 1.29 is 0 Å². The Morgan fingerprint density at radius 1 is 1.00 bits per heavy atom. The minimum atomic E-state index is -0.0814. The number of piperazine rings is 1. The van der Waals surface area contributed by atoms with Crippen LogP contribution in [-0.2, 0) is 0 Å². The molecule has 2 fully saturated rings. The van der Waals surface area contributed by atoms with Crippen molar-refractivity contribution in [2.75, 3.05) is 19.6 Å². The molecule has 1 aliphatic heterocycles. The van der Waals surface area contributed by atoms with E-state index in [-0.39, 0.29) is 11.4 Å². The van der Waals surface area contributed by atoms with Gasteiger partial charge in [0.25, 0.3) is 0 Å². The van der Waals surface area contributed by atoms with Crippen LogP contribution in [-0.4, -0.2) is 77.6 Å². The molecule has 0 aromatic carbocycles. The molecular formula is C21H43BN4. The van der Waals surface area contributed by atoms with Gasteiger partial charge in [0, 0.05) is 54.9 Å². The maximum absolute atomic E-state index is 6.50. The van der Waals surface area contributed by atoms with Crippen molar-refractivity contribution in [2.24, 2.45) is 0 Å². The number of hydrazine groups is 1. The first-order valence-corrected chi connectivity index (χ1v) is 10.7. The molecule has 150 valence electrons. The second-order valence-corrected chi connectivity index (χ2v) is 10.0. The van der Waals surface area contributed by atoms with E-state index in [2.05, 4.69) is 82.5 Å². The van der Waals surface area contributed by atoms with Crippen LogP contribution in [0, 0.1) is 0 Å². The summed E-state index contributed by atoms with van der Waals surface area (Å²) in [6, 6.07) is 1.91. The molecule has 1 saturated carbocycles. The lowest BCUT2D eigenvalue weighted by atomic mass is 9.73. The SMILES string of the molecule is [B]C(C)C(C)(C)N(C(C)C(C)NC(C)C)N1CCN(C(C)C)CC12CC2. The number of hydrogen-bond donors (Lipinski definition) is 1. The highest BCUT2D eigenvalue weighted by Crippen LogP contribution is 2.48.